The Balaban J connectivity index is 1.61. The molecule has 1 saturated carbocycles. The Kier molecular flexibility index (Phi) is 2.68. The fraction of sp³-hybridized carbons (Fsp3) is 0.615. The Morgan fingerprint density at radius 3 is 3.12 bits per heavy atom. The molecule has 1 aliphatic heterocycles. The van der Waals surface area contributed by atoms with E-state index in [0.29, 0.717) is 0 Å². The molecule has 0 aromatic carbocycles. The van der Waals surface area contributed by atoms with Crippen LogP contribution in [-0.4, -0.2) is 18.1 Å². The molecule has 0 atom stereocenters. The first-order chi connectivity index (χ1) is 7.92. The largest absolute Gasteiger partial charge is 0.492 e. The van der Waals surface area contributed by atoms with E-state index in [1.807, 2.05) is 6.20 Å². The van der Waals surface area contributed by atoms with E-state index in [1.165, 1.54) is 31.2 Å². The molecule has 0 spiro atoms. The summed E-state index contributed by atoms with van der Waals surface area (Å²) in [5, 5.41) is 3.26. The second kappa shape index (κ2) is 4.32. The SMILES string of the molecule is c1nc2c(cc1OCC1CCCC1)CCN2. The number of nitrogens with zero attached hydrogens (tertiary/aromatic N) is 1. The normalized spacial score (nSPS) is 19.5. The molecule has 2 heterocycles. The first-order valence-electron chi connectivity index (χ1n) is 6.27. The molecule has 1 fully saturated rings. The maximum atomic E-state index is 5.82. The van der Waals surface area contributed by atoms with Crippen molar-refractivity contribution in [1.29, 1.82) is 0 Å². The molecular formula is C13H18N2O. The van der Waals surface area contributed by atoms with Crippen molar-refractivity contribution in [3.05, 3.63) is 17.8 Å². The lowest BCUT2D eigenvalue weighted by Crippen LogP contribution is -2.08. The van der Waals surface area contributed by atoms with Crippen molar-refractivity contribution in [3.63, 3.8) is 0 Å². The number of anilines is 1. The molecule has 3 rings (SSSR count). The number of fused-ring (bicyclic) bond motifs is 1. The molecular weight excluding hydrogens is 200 g/mol. The number of nitrogens with one attached hydrogen (secondary N) is 1. The van der Waals surface area contributed by atoms with Gasteiger partial charge in [0.2, 0.25) is 0 Å². The van der Waals surface area contributed by atoms with Crippen molar-refractivity contribution in [2.24, 2.45) is 5.92 Å². The molecule has 86 valence electrons. The minimum absolute atomic E-state index is 0.770. The van der Waals surface area contributed by atoms with Crippen LogP contribution in [0.5, 0.6) is 5.75 Å². The summed E-state index contributed by atoms with van der Waals surface area (Å²) >= 11 is 0. The van der Waals surface area contributed by atoms with Crippen LogP contribution < -0.4 is 10.1 Å². The Hall–Kier alpha value is -1.25. The van der Waals surface area contributed by atoms with Crippen LogP contribution in [0, 0.1) is 5.92 Å². The van der Waals surface area contributed by atoms with Gasteiger partial charge in [-0.25, -0.2) is 4.98 Å². The summed E-state index contributed by atoms with van der Waals surface area (Å²) < 4.78 is 5.82. The maximum absolute atomic E-state index is 5.82. The first-order valence-corrected chi connectivity index (χ1v) is 6.27. The predicted octanol–water partition coefficient (Wildman–Crippen LogP) is 2.62. The van der Waals surface area contributed by atoms with E-state index in [-0.39, 0.29) is 0 Å². The smallest absolute Gasteiger partial charge is 0.138 e. The standard InChI is InChI=1S/C13H18N2O/c1-2-4-10(3-1)9-16-12-7-11-5-6-14-13(11)15-8-12/h7-8,10H,1-6,9H2,(H,14,15). The predicted molar refractivity (Wildman–Crippen MR) is 63.9 cm³/mol. The number of aromatic nitrogens is 1. The highest BCUT2D eigenvalue weighted by atomic mass is 16.5. The molecule has 0 saturated heterocycles. The lowest BCUT2D eigenvalue weighted by atomic mass is 10.1. The van der Waals surface area contributed by atoms with Crippen LogP contribution in [-0.2, 0) is 6.42 Å². The van der Waals surface area contributed by atoms with Crippen molar-refractivity contribution in [2.45, 2.75) is 32.1 Å². The average molecular weight is 218 g/mol. The van der Waals surface area contributed by atoms with Crippen LogP contribution in [0.25, 0.3) is 0 Å². The van der Waals surface area contributed by atoms with Gasteiger partial charge in [-0.15, -0.1) is 0 Å². The van der Waals surface area contributed by atoms with E-state index < -0.39 is 0 Å². The average Bonchev–Trinajstić information content (AvgIpc) is 2.97. The van der Waals surface area contributed by atoms with Gasteiger partial charge in [-0.1, -0.05) is 12.8 Å². The van der Waals surface area contributed by atoms with Crippen molar-refractivity contribution < 1.29 is 4.74 Å². The zero-order valence-electron chi connectivity index (χ0n) is 9.54. The fourth-order valence-corrected chi connectivity index (χ4v) is 2.62. The van der Waals surface area contributed by atoms with E-state index in [1.54, 1.807) is 0 Å². The first kappa shape index (κ1) is 9.94. The van der Waals surface area contributed by atoms with Crippen molar-refractivity contribution in [3.8, 4) is 5.75 Å². The summed E-state index contributed by atoms with van der Waals surface area (Å²) in [6.45, 7) is 1.88. The molecule has 16 heavy (non-hydrogen) atoms. The number of rotatable bonds is 3. The molecule has 2 aliphatic rings. The molecule has 0 amide bonds. The summed E-state index contributed by atoms with van der Waals surface area (Å²) in [5.74, 6) is 2.74. The third-order valence-corrected chi connectivity index (χ3v) is 3.59. The summed E-state index contributed by atoms with van der Waals surface area (Å²) in [6, 6.07) is 2.14. The van der Waals surface area contributed by atoms with E-state index >= 15 is 0 Å². The third-order valence-electron chi connectivity index (χ3n) is 3.59. The van der Waals surface area contributed by atoms with Gasteiger partial charge in [-0.2, -0.15) is 0 Å². The highest BCUT2D eigenvalue weighted by Gasteiger charge is 2.16. The summed E-state index contributed by atoms with van der Waals surface area (Å²) in [4.78, 5) is 4.37. The van der Waals surface area contributed by atoms with Gasteiger partial charge in [-0.3, -0.25) is 0 Å². The molecule has 1 aromatic heterocycles. The molecule has 3 heteroatoms. The Morgan fingerprint density at radius 1 is 1.38 bits per heavy atom. The van der Waals surface area contributed by atoms with Gasteiger partial charge in [0.1, 0.15) is 11.6 Å². The topological polar surface area (TPSA) is 34.1 Å². The van der Waals surface area contributed by atoms with Gasteiger partial charge >= 0.3 is 0 Å². The van der Waals surface area contributed by atoms with Gasteiger partial charge in [0.05, 0.1) is 12.8 Å². The van der Waals surface area contributed by atoms with Crippen molar-refractivity contribution in [1.82, 2.24) is 4.98 Å². The lowest BCUT2D eigenvalue weighted by molar-refractivity contribution is 0.251. The zero-order valence-corrected chi connectivity index (χ0v) is 9.54. The van der Waals surface area contributed by atoms with Crippen molar-refractivity contribution in [2.75, 3.05) is 18.5 Å². The van der Waals surface area contributed by atoms with Crippen LogP contribution in [0.2, 0.25) is 0 Å². The molecule has 1 aliphatic carbocycles. The second-order valence-electron chi connectivity index (χ2n) is 4.82. The maximum Gasteiger partial charge on any atom is 0.138 e. The molecule has 0 radical (unpaired) electrons. The van der Waals surface area contributed by atoms with Crippen LogP contribution in [0.1, 0.15) is 31.2 Å². The van der Waals surface area contributed by atoms with E-state index in [0.717, 1.165) is 37.1 Å². The number of hydrogen-bond donors (Lipinski definition) is 1. The van der Waals surface area contributed by atoms with Crippen LogP contribution in [0.4, 0.5) is 5.82 Å². The Labute approximate surface area is 96.2 Å². The molecule has 1 aromatic rings. The summed E-state index contributed by atoms with van der Waals surface area (Å²) in [6.07, 6.45) is 8.33. The Morgan fingerprint density at radius 2 is 2.25 bits per heavy atom. The van der Waals surface area contributed by atoms with E-state index in [2.05, 4.69) is 16.4 Å². The van der Waals surface area contributed by atoms with Gasteiger partial charge < -0.3 is 10.1 Å². The Bertz CT molecular complexity index is 372. The molecule has 1 N–H and O–H groups in total. The number of hydrogen-bond acceptors (Lipinski definition) is 3. The molecule has 3 nitrogen and oxygen atoms in total. The fourth-order valence-electron chi connectivity index (χ4n) is 2.62. The summed E-state index contributed by atoms with van der Waals surface area (Å²) in [5.41, 5.74) is 1.30. The number of pyridine rings is 1. The lowest BCUT2D eigenvalue weighted by Gasteiger charge is -2.11. The molecule has 0 bridgehead atoms. The van der Waals surface area contributed by atoms with Gasteiger partial charge in [0, 0.05) is 6.54 Å². The van der Waals surface area contributed by atoms with Crippen molar-refractivity contribution >= 4 is 5.82 Å². The van der Waals surface area contributed by atoms with E-state index in [9.17, 15) is 0 Å². The monoisotopic (exact) mass is 218 g/mol. The minimum Gasteiger partial charge on any atom is -0.492 e. The zero-order chi connectivity index (χ0) is 10.8. The van der Waals surface area contributed by atoms with E-state index in [4.69, 9.17) is 4.74 Å². The van der Waals surface area contributed by atoms with Crippen LogP contribution in [0.15, 0.2) is 12.3 Å². The number of ether oxygens (including phenoxy) is 1. The second-order valence-corrected chi connectivity index (χ2v) is 4.82. The van der Waals surface area contributed by atoms with Crippen LogP contribution >= 0.6 is 0 Å². The minimum atomic E-state index is 0.770. The van der Waals surface area contributed by atoms with Gasteiger partial charge in [-0.05, 0) is 36.8 Å². The highest BCUT2D eigenvalue weighted by Crippen LogP contribution is 2.27. The highest BCUT2D eigenvalue weighted by molar-refractivity contribution is 5.51. The van der Waals surface area contributed by atoms with Gasteiger partial charge in [0.15, 0.2) is 0 Å². The summed E-state index contributed by atoms with van der Waals surface area (Å²) in [7, 11) is 0. The quantitative estimate of drug-likeness (QED) is 0.846. The molecule has 0 unspecified atom stereocenters. The van der Waals surface area contributed by atoms with Crippen LogP contribution in [0.3, 0.4) is 0 Å². The van der Waals surface area contributed by atoms with Gasteiger partial charge in [0.25, 0.3) is 0 Å². The third kappa shape index (κ3) is 1.99.